The molecule has 2 aromatic carbocycles. The van der Waals surface area contributed by atoms with Gasteiger partial charge in [-0.15, -0.1) is 0 Å². The van der Waals surface area contributed by atoms with Crippen LogP contribution in [0.4, 0.5) is 0 Å². The second kappa shape index (κ2) is 10.9. The van der Waals surface area contributed by atoms with Crippen LogP contribution < -0.4 is 15.6 Å². The van der Waals surface area contributed by atoms with Crippen LogP contribution in [-0.4, -0.2) is 22.9 Å². The molecule has 0 saturated heterocycles. The quantitative estimate of drug-likeness (QED) is 0.549. The largest absolute Gasteiger partial charge is 0.484 e. The van der Waals surface area contributed by atoms with Gasteiger partial charge in [0.05, 0.1) is 6.54 Å². The summed E-state index contributed by atoms with van der Waals surface area (Å²) < 4.78 is 7.17. The molecule has 1 amide bonds. The highest BCUT2D eigenvalue weighted by Crippen LogP contribution is 2.13. The maximum atomic E-state index is 12.1. The number of carbonyl (C=O) groups excluding carboxylic acids is 2. The highest BCUT2D eigenvalue weighted by molar-refractivity contribution is 5.77. The fourth-order valence-corrected chi connectivity index (χ4v) is 3.02. The summed E-state index contributed by atoms with van der Waals surface area (Å²) in [5.74, 6) is 0.570. The van der Waals surface area contributed by atoms with Gasteiger partial charge in [0.15, 0.2) is 6.61 Å². The molecule has 0 aliphatic heterocycles. The molecule has 1 N–H and O–H groups in total. The van der Waals surface area contributed by atoms with Gasteiger partial charge in [0, 0.05) is 25.2 Å². The van der Waals surface area contributed by atoms with Crippen LogP contribution in [0.5, 0.6) is 5.75 Å². The maximum Gasteiger partial charge on any atom is 0.258 e. The first-order valence-electron chi connectivity index (χ1n) is 10.2. The van der Waals surface area contributed by atoms with Crippen molar-refractivity contribution < 1.29 is 14.3 Å². The number of nitrogens with one attached hydrogen (secondary N) is 1. The van der Waals surface area contributed by atoms with Gasteiger partial charge < -0.3 is 19.4 Å². The standard InChI is InChI=1S/C25H26N2O4/c1-19(28)5-6-20-11-13-23(14-12-20)31-18-24(29)26-16-21-7-9-22(10-8-21)17-27-15-3-2-4-25(27)30/h2-4,7-15H,5-6,16-18H2,1H3,(H,26,29). The topological polar surface area (TPSA) is 77.4 Å². The van der Waals surface area contributed by atoms with E-state index in [0.717, 1.165) is 16.7 Å². The Bertz CT molecular complexity index is 1070. The number of hydrogen-bond donors (Lipinski definition) is 1. The lowest BCUT2D eigenvalue weighted by Crippen LogP contribution is -2.28. The average molecular weight is 418 g/mol. The van der Waals surface area contributed by atoms with Crippen molar-refractivity contribution in [2.24, 2.45) is 0 Å². The van der Waals surface area contributed by atoms with E-state index in [1.54, 1.807) is 35.9 Å². The van der Waals surface area contributed by atoms with Crippen molar-refractivity contribution in [2.45, 2.75) is 32.9 Å². The summed E-state index contributed by atoms with van der Waals surface area (Å²) in [4.78, 5) is 34.9. The molecular weight excluding hydrogens is 392 g/mol. The van der Waals surface area contributed by atoms with Gasteiger partial charge in [0.25, 0.3) is 11.5 Å². The van der Waals surface area contributed by atoms with E-state index in [1.165, 1.54) is 6.07 Å². The molecule has 0 fully saturated rings. The Balaban J connectivity index is 1.41. The zero-order valence-corrected chi connectivity index (χ0v) is 17.5. The molecule has 1 heterocycles. The third-order valence-corrected chi connectivity index (χ3v) is 4.82. The second-order valence-corrected chi connectivity index (χ2v) is 7.39. The second-order valence-electron chi connectivity index (χ2n) is 7.39. The molecule has 0 aliphatic rings. The van der Waals surface area contributed by atoms with Crippen molar-refractivity contribution >= 4 is 11.7 Å². The molecule has 0 unspecified atom stereocenters. The van der Waals surface area contributed by atoms with Gasteiger partial charge in [-0.3, -0.25) is 9.59 Å². The van der Waals surface area contributed by atoms with E-state index in [9.17, 15) is 14.4 Å². The summed E-state index contributed by atoms with van der Waals surface area (Å²) in [5.41, 5.74) is 3.00. The Hall–Kier alpha value is -3.67. The lowest BCUT2D eigenvalue weighted by molar-refractivity contribution is -0.123. The number of ketones is 1. The Morgan fingerprint density at radius 1 is 0.903 bits per heavy atom. The lowest BCUT2D eigenvalue weighted by Gasteiger charge is -2.09. The van der Waals surface area contributed by atoms with E-state index in [2.05, 4.69) is 5.32 Å². The molecule has 160 valence electrons. The summed E-state index contributed by atoms with van der Waals surface area (Å²) in [7, 11) is 0. The smallest absolute Gasteiger partial charge is 0.258 e. The number of Topliss-reactive ketones (excluding diaryl/α,β-unsaturated/α-hetero) is 1. The third-order valence-electron chi connectivity index (χ3n) is 4.82. The first kappa shape index (κ1) is 22.0. The van der Waals surface area contributed by atoms with Crippen LogP contribution in [0.3, 0.4) is 0 Å². The van der Waals surface area contributed by atoms with Gasteiger partial charge in [0.1, 0.15) is 11.5 Å². The normalized spacial score (nSPS) is 10.5. The molecule has 0 spiro atoms. The molecule has 6 nitrogen and oxygen atoms in total. The van der Waals surface area contributed by atoms with E-state index in [1.807, 2.05) is 42.5 Å². The molecule has 6 heteroatoms. The number of aromatic nitrogens is 1. The summed E-state index contributed by atoms with van der Waals surface area (Å²) in [6, 6.07) is 20.3. The van der Waals surface area contributed by atoms with Crippen LogP contribution in [0.15, 0.2) is 77.7 Å². The predicted octanol–water partition coefficient (Wildman–Crippen LogP) is 3.11. The van der Waals surface area contributed by atoms with Gasteiger partial charge in [-0.05, 0) is 48.2 Å². The zero-order chi connectivity index (χ0) is 22.1. The fraction of sp³-hybridized carbons (Fsp3) is 0.240. The maximum absolute atomic E-state index is 12.1. The van der Waals surface area contributed by atoms with Crippen LogP contribution in [-0.2, 0) is 29.1 Å². The molecule has 0 aliphatic carbocycles. The SMILES string of the molecule is CC(=O)CCc1ccc(OCC(=O)NCc2ccc(Cn3ccccc3=O)cc2)cc1. The first-order valence-corrected chi connectivity index (χ1v) is 10.2. The summed E-state index contributed by atoms with van der Waals surface area (Å²) >= 11 is 0. The van der Waals surface area contributed by atoms with Crippen LogP contribution >= 0.6 is 0 Å². The van der Waals surface area contributed by atoms with Crippen molar-refractivity contribution in [2.75, 3.05) is 6.61 Å². The predicted molar refractivity (Wildman–Crippen MR) is 119 cm³/mol. The van der Waals surface area contributed by atoms with Gasteiger partial charge in [0.2, 0.25) is 0 Å². The minimum atomic E-state index is -0.208. The van der Waals surface area contributed by atoms with E-state index in [0.29, 0.717) is 31.7 Å². The molecule has 0 saturated carbocycles. The highest BCUT2D eigenvalue weighted by atomic mass is 16.5. The summed E-state index contributed by atoms with van der Waals surface area (Å²) in [6.07, 6.45) is 2.99. The number of benzene rings is 2. The zero-order valence-electron chi connectivity index (χ0n) is 17.5. The van der Waals surface area contributed by atoms with Crippen molar-refractivity contribution in [1.82, 2.24) is 9.88 Å². The van der Waals surface area contributed by atoms with E-state index >= 15 is 0 Å². The molecule has 3 aromatic rings. The van der Waals surface area contributed by atoms with E-state index in [4.69, 9.17) is 4.74 Å². The van der Waals surface area contributed by atoms with E-state index in [-0.39, 0.29) is 23.9 Å². The Morgan fingerprint density at radius 2 is 1.58 bits per heavy atom. The first-order chi connectivity index (χ1) is 15.0. The molecule has 1 aromatic heterocycles. The van der Waals surface area contributed by atoms with Crippen molar-refractivity contribution in [3.63, 3.8) is 0 Å². The lowest BCUT2D eigenvalue weighted by atomic mass is 10.1. The number of ether oxygens (including phenoxy) is 1. The Labute approximate surface area is 181 Å². The van der Waals surface area contributed by atoms with Gasteiger partial charge in [-0.25, -0.2) is 0 Å². The molecule has 31 heavy (non-hydrogen) atoms. The summed E-state index contributed by atoms with van der Waals surface area (Å²) in [6.45, 7) is 2.42. The molecule has 0 atom stereocenters. The van der Waals surface area contributed by atoms with Crippen LogP contribution in [0.25, 0.3) is 0 Å². The Morgan fingerprint density at radius 3 is 2.26 bits per heavy atom. The number of carbonyl (C=O) groups is 2. The molecule has 0 bridgehead atoms. The number of aryl methyl sites for hydroxylation is 1. The minimum Gasteiger partial charge on any atom is -0.484 e. The number of rotatable bonds is 10. The molecule has 3 rings (SSSR count). The monoisotopic (exact) mass is 418 g/mol. The third kappa shape index (κ3) is 7.26. The fourth-order valence-electron chi connectivity index (χ4n) is 3.02. The number of nitrogens with zero attached hydrogens (tertiary/aromatic N) is 1. The Kier molecular flexibility index (Phi) is 7.76. The van der Waals surface area contributed by atoms with Crippen molar-refractivity contribution in [3.05, 3.63) is 100.0 Å². The van der Waals surface area contributed by atoms with Crippen LogP contribution in [0, 0.1) is 0 Å². The molecule has 0 radical (unpaired) electrons. The van der Waals surface area contributed by atoms with Gasteiger partial charge >= 0.3 is 0 Å². The van der Waals surface area contributed by atoms with Crippen LogP contribution in [0.2, 0.25) is 0 Å². The van der Waals surface area contributed by atoms with Crippen molar-refractivity contribution in [1.29, 1.82) is 0 Å². The number of amides is 1. The summed E-state index contributed by atoms with van der Waals surface area (Å²) in [5, 5.41) is 2.83. The van der Waals surface area contributed by atoms with Crippen molar-refractivity contribution in [3.8, 4) is 5.75 Å². The average Bonchev–Trinajstić information content (AvgIpc) is 2.78. The molecular formula is C25H26N2O4. The highest BCUT2D eigenvalue weighted by Gasteiger charge is 2.04. The number of pyridine rings is 1. The van der Waals surface area contributed by atoms with Crippen LogP contribution in [0.1, 0.15) is 30.0 Å². The van der Waals surface area contributed by atoms with Gasteiger partial charge in [-0.1, -0.05) is 42.5 Å². The van der Waals surface area contributed by atoms with Gasteiger partial charge in [-0.2, -0.15) is 0 Å². The number of hydrogen-bond acceptors (Lipinski definition) is 4. The minimum absolute atomic E-state index is 0.0375. The van der Waals surface area contributed by atoms with E-state index < -0.39 is 0 Å².